The maximum absolute atomic E-state index is 12.4. The van der Waals surface area contributed by atoms with Crippen molar-refractivity contribution in [1.29, 1.82) is 0 Å². The number of aryl methyl sites for hydroxylation is 2. The van der Waals surface area contributed by atoms with Gasteiger partial charge in [0.05, 0.1) is 10.7 Å². The topological polar surface area (TPSA) is 58.2 Å². The van der Waals surface area contributed by atoms with Crippen molar-refractivity contribution in [2.24, 2.45) is 0 Å². The van der Waals surface area contributed by atoms with Gasteiger partial charge < -0.3 is 10.6 Å². The minimum Gasteiger partial charge on any atom is -0.322 e. The van der Waals surface area contributed by atoms with Crippen LogP contribution in [-0.2, 0) is 0 Å². The van der Waals surface area contributed by atoms with Crippen LogP contribution >= 0.6 is 11.6 Å². The minimum absolute atomic E-state index is 0.208. The molecule has 0 atom stereocenters. The Balaban J connectivity index is 1.74. The summed E-state index contributed by atoms with van der Waals surface area (Å²) in [6.45, 7) is 3.76. The second-order valence-corrected chi connectivity index (χ2v) is 6.64. The van der Waals surface area contributed by atoms with Crippen molar-refractivity contribution in [1.82, 2.24) is 0 Å². The standard InChI is InChI=1S/C22H19ClN2O2/c1-14-7-3-5-9-17(14)21(26)24-16-11-12-20(19(23)13-16)25-22(27)18-10-6-4-8-15(18)2/h3-13H,1-2H3,(H,24,26)(H,25,27). The molecular formula is C22H19ClN2O2. The Kier molecular flexibility index (Phi) is 5.57. The molecule has 2 N–H and O–H groups in total. The van der Waals surface area contributed by atoms with Crippen molar-refractivity contribution in [3.8, 4) is 0 Å². The molecule has 0 aliphatic heterocycles. The second-order valence-electron chi connectivity index (χ2n) is 6.23. The SMILES string of the molecule is Cc1ccccc1C(=O)Nc1ccc(NC(=O)c2ccccc2C)c(Cl)c1. The summed E-state index contributed by atoms with van der Waals surface area (Å²) < 4.78 is 0. The highest BCUT2D eigenvalue weighted by molar-refractivity contribution is 6.34. The van der Waals surface area contributed by atoms with Gasteiger partial charge >= 0.3 is 0 Å². The number of amides is 2. The molecule has 3 rings (SSSR count). The van der Waals surface area contributed by atoms with Gasteiger partial charge in [0, 0.05) is 16.8 Å². The number of benzene rings is 3. The first-order valence-electron chi connectivity index (χ1n) is 8.49. The largest absolute Gasteiger partial charge is 0.322 e. The number of nitrogens with one attached hydrogen (secondary N) is 2. The zero-order chi connectivity index (χ0) is 19.4. The summed E-state index contributed by atoms with van der Waals surface area (Å²) in [4.78, 5) is 24.8. The molecule has 0 aliphatic rings. The number of halogens is 1. The first-order chi connectivity index (χ1) is 13.0. The van der Waals surface area contributed by atoms with E-state index in [1.165, 1.54) is 0 Å². The molecule has 0 unspecified atom stereocenters. The molecule has 27 heavy (non-hydrogen) atoms. The van der Waals surface area contributed by atoms with Crippen molar-refractivity contribution >= 4 is 34.8 Å². The molecule has 0 aliphatic carbocycles. The fourth-order valence-electron chi connectivity index (χ4n) is 2.74. The lowest BCUT2D eigenvalue weighted by Gasteiger charge is -2.12. The zero-order valence-corrected chi connectivity index (χ0v) is 15.8. The maximum Gasteiger partial charge on any atom is 0.255 e. The van der Waals surface area contributed by atoms with Crippen molar-refractivity contribution < 1.29 is 9.59 Å². The van der Waals surface area contributed by atoms with Crippen molar-refractivity contribution in [3.05, 3.63) is 94.0 Å². The molecule has 0 aromatic heterocycles. The van der Waals surface area contributed by atoms with Crippen LogP contribution in [0.5, 0.6) is 0 Å². The summed E-state index contributed by atoms with van der Waals surface area (Å²) in [6, 6.07) is 19.7. The Bertz CT molecular complexity index is 1010. The van der Waals surface area contributed by atoms with E-state index in [1.54, 1.807) is 30.3 Å². The third-order valence-electron chi connectivity index (χ3n) is 4.25. The van der Waals surface area contributed by atoms with Crippen LogP contribution in [0.2, 0.25) is 5.02 Å². The van der Waals surface area contributed by atoms with E-state index in [1.807, 2.05) is 50.2 Å². The first kappa shape index (κ1) is 18.7. The summed E-state index contributed by atoms with van der Waals surface area (Å²) in [7, 11) is 0. The van der Waals surface area contributed by atoms with Crippen LogP contribution in [-0.4, -0.2) is 11.8 Å². The molecule has 0 saturated heterocycles. The molecule has 0 bridgehead atoms. The molecule has 0 radical (unpaired) electrons. The molecule has 136 valence electrons. The Morgan fingerprint density at radius 1 is 0.741 bits per heavy atom. The van der Waals surface area contributed by atoms with Gasteiger partial charge in [-0.15, -0.1) is 0 Å². The van der Waals surface area contributed by atoms with E-state index in [2.05, 4.69) is 10.6 Å². The number of hydrogen-bond donors (Lipinski definition) is 2. The highest BCUT2D eigenvalue weighted by Crippen LogP contribution is 2.27. The smallest absolute Gasteiger partial charge is 0.255 e. The normalized spacial score (nSPS) is 10.3. The van der Waals surface area contributed by atoms with Gasteiger partial charge in [-0.1, -0.05) is 48.0 Å². The van der Waals surface area contributed by atoms with Gasteiger partial charge in [-0.2, -0.15) is 0 Å². The molecule has 5 heteroatoms. The third kappa shape index (κ3) is 4.36. The van der Waals surface area contributed by atoms with Crippen LogP contribution in [0.25, 0.3) is 0 Å². The van der Waals surface area contributed by atoms with Crippen LogP contribution < -0.4 is 10.6 Å². The molecule has 4 nitrogen and oxygen atoms in total. The third-order valence-corrected chi connectivity index (χ3v) is 4.57. The Labute approximate surface area is 163 Å². The van der Waals surface area contributed by atoms with Gasteiger partial charge in [0.25, 0.3) is 11.8 Å². The zero-order valence-electron chi connectivity index (χ0n) is 15.0. The van der Waals surface area contributed by atoms with Crippen LogP contribution in [0.15, 0.2) is 66.7 Å². The lowest BCUT2D eigenvalue weighted by molar-refractivity contribution is 0.101. The Morgan fingerprint density at radius 2 is 1.26 bits per heavy atom. The van der Waals surface area contributed by atoms with Gasteiger partial charge in [-0.25, -0.2) is 0 Å². The summed E-state index contributed by atoms with van der Waals surface area (Å²) in [5.41, 5.74) is 4.01. The van der Waals surface area contributed by atoms with Gasteiger partial charge in [0.15, 0.2) is 0 Å². The van der Waals surface area contributed by atoms with Crippen LogP contribution in [0, 0.1) is 13.8 Å². The molecular weight excluding hydrogens is 360 g/mol. The van der Waals surface area contributed by atoms with Crippen molar-refractivity contribution in [3.63, 3.8) is 0 Å². The van der Waals surface area contributed by atoms with Crippen LogP contribution in [0.1, 0.15) is 31.8 Å². The average molecular weight is 379 g/mol. The number of anilines is 2. The number of carbonyl (C=O) groups is 2. The molecule has 0 fully saturated rings. The van der Waals surface area contributed by atoms with E-state index in [9.17, 15) is 9.59 Å². The van der Waals surface area contributed by atoms with Crippen molar-refractivity contribution in [2.75, 3.05) is 10.6 Å². The summed E-state index contributed by atoms with van der Waals surface area (Å²) in [5.74, 6) is -0.437. The maximum atomic E-state index is 12.4. The van der Waals surface area contributed by atoms with E-state index in [-0.39, 0.29) is 11.8 Å². The Morgan fingerprint density at radius 3 is 1.78 bits per heavy atom. The highest BCUT2D eigenvalue weighted by atomic mass is 35.5. The molecule has 0 saturated carbocycles. The monoisotopic (exact) mass is 378 g/mol. The second kappa shape index (κ2) is 8.06. The summed E-state index contributed by atoms with van der Waals surface area (Å²) in [5, 5.41) is 5.98. The van der Waals surface area contributed by atoms with Crippen LogP contribution in [0.3, 0.4) is 0 Å². The van der Waals surface area contributed by atoms with E-state index in [0.29, 0.717) is 27.5 Å². The van der Waals surface area contributed by atoms with Crippen LogP contribution in [0.4, 0.5) is 11.4 Å². The van der Waals surface area contributed by atoms with Crippen molar-refractivity contribution in [2.45, 2.75) is 13.8 Å². The average Bonchev–Trinajstić information content (AvgIpc) is 2.64. The quantitative estimate of drug-likeness (QED) is 0.633. The van der Waals surface area contributed by atoms with Gasteiger partial charge in [-0.05, 0) is 55.3 Å². The molecule has 0 heterocycles. The van der Waals surface area contributed by atoms with Gasteiger partial charge in [0.2, 0.25) is 0 Å². The molecule has 2 amide bonds. The lowest BCUT2D eigenvalue weighted by atomic mass is 10.1. The van der Waals surface area contributed by atoms with Gasteiger partial charge in [-0.3, -0.25) is 9.59 Å². The predicted octanol–water partition coefficient (Wildman–Crippen LogP) is 5.46. The molecule has 3 aromatic rings. The van der Waals surface area contributed by atoms with E-state index in [0.717, 1.165) is 11.1 Å². The van der Waals surface area contributed by atoms with E-state index < -0.39 is 0 Å². The minimum atomic E-state index is -0.230. The molecule has 3 aromatic carbocycles. The fraction of sp³-hybridized carbons (Fsp3) is 0.0909. The molecule has 0 spiro atoms. The van der Waals surface area contributed by atoms with E-state index in [4.69, 9.17) is 11.6 Å². The number of carbonyl (C=O) groups excluding carboxylic acids is 2. The van der Waals surface area contributed by atoms with E-state index >= 15 is 0 Å². The Hall–Kier alpha value is -3.11. The van der Waals surface area contributed by atoms with Gasteiger partial charge in [0.1, 0.15) is 0 Å². The lowest BCUT2D eigenvalue weighted by Crippen LogP contribution is -2.15. The predicted molar refractivity (Wildman–Crippen MR) is 110 cm³/mol. The number of hydrogen-bond acceptors (Lipinski definition) is 2. The fourth-order valence-corrected chi connectivity index (χ4v) is 2.97. The summed E-state index contributed by atoms with van der Waals surface area (Å²) >= 11 is 6.30. The number of rotatable bonds is 4. The highest BCUT2D eigenvalue weighted by Gasteiger charge is 2.13. The first-order valence-corrected chi connectivity index (χ1v) is 8.87. The summed E-state index contributed by atoms with van der Waals surface area (Å²) in [6.07, 6.45) is 0.